The number of nitrogens with zero attached hydrogens (tertiary/aromatic N) is 1. The van der Waals surface area contributed by atoms with Crippen molar-refractivity contribution >= 4 is 5.69 Å². The Balaban J connectivity index is 2.74. The van der Waals surface area contributed by atoms with Gasteiger partial charge in [0.2, 0.25) is 0 Å². The van der Waals surface area contributed by atoms with Gasteiger partial charge in [0.25, 0.3) is 0 Å². The summed E-state index contributed by atoms with van der Waals surface area (Å²) in [6.45, 7) is 4.11. The summed E-state index contributed by atoms with van der Waals surface area (Å²) in [6.07, 6.45) is -3.67. The van der Waals surface area contributed by atoms with Gasteiger partial charge in [-0.3, -0.25) is 0 Å². The summed E-state index contributed by atoms with van der Waals surface area (Å²) in [5.41, 5.74) is 0.869. The summed E-state index contributed by atoms with van der Waals surface area (Å²) in [4.78, 5) is 2.01. The van der Waals surface area contributed by atoms with Crippen LogP contribution in [0, 0.1) is 0 Å². The molecule has 0 N–H and O–H groups in total. The van der Waals surface area contributed by atoms with Gasteiger partial charge < -0.3 is 9.64 Å². The van der Waals surface area contributed by atoms with Crippen molar-refractivity contribution < 1.29 is 17.9 Å². The van der Waals surface area contributed by atoms with Gasteiger partial charge in [0.15, 0.2) is 0 Å². The average Bonchev–Trinajstić information content (AvgIpc) is 2.26. The van der Waals surface area contributed by atoms with E-state index in [1.165, 1.54) is 12.1 Å². The standard InChI is InChI=1S/C12H16F3NO/c1-4-9(2)16(3)10-5-7-11(8-6-10)17-12(13,14)15/h5-9H,4H2,1-3H3. The van der Waals surface area contributed by atoms with Gasteiger partial charge >= 0.3 is 6.36 Å². The van der Waals surface area contributed by atoms with E-state index in [0.717, 1.165) is 12.1 Å². The van der Waals surface area contributed by atoms with E-state index in [9.17, 15) is 13.2 Å². The number of alkyl halides is 3. The molecule has 1 rings (SSSR count). The molecule has 0 aliphatic heterocycles. The molecule has 1 unspecified atom stereocenters. The fourth-order valence-corrected chi connectivity index (χ4v) is 1.41. The monoisotopic (exact) mass is 247 g/mol. The number of rotatable bonds is 4. The molecule has 0 amide bonds. The Bertz CT molecular complexity index is 348. The van der Waals surface area contributed by atoms with E-state index in [1.807, 2.05) is 11.9 Å². The first kappa shape index (κ1) is 13.7. The molecular weight excluding hydrogens is 231 g/mol. The van der Waals surface area contributed by atoms with Crippen LogP contribution in [0.1, 0.15) is 20.3 Å². The normalized spacial score (nSPS) is 13.3. The molecule has 1 atom stereocenters. The maximum absolute atomic E-state index is 12.0. The Morgan fingerprint density at radius 2 is 1.76 bits per heavy atom. The number of hydrogen-bond acceptors (Lipinski definition) is 2. The quantitative estimate of drug-likeness (QED) is 0.802. The van der Waals surface area contributed by atoms with E-state index < -0.39 is 6.36 Å². The minimum atomic E-state index is -4.63. The van der Waals surface area contributed by atoms with Gasteiger partial charge in [-0.15, -0.1) is 13.2 Å². The number of benzene rings is 1. The van der Waals surface area contributed by atoms with Crippen LogP contribution in [0.15, 0.2) is 24.3 Å². The Morgan fingerprint density at radius 1 is 1.24 bits per heavy atom. The predicted octanol–water partition coefficient (Wildman–Crippen LogP) is 3.82. The summed E-state index contributed by atoms with van der Waals surface area (Å²) in [6, 6.07) is 6.22. The zero-order chi connectivity index (χ0) is 13.1. The molecule has 0 bridgehead atoms. The van der Waals surface area contributed by atoms with E-state index in [0.29, 0.717) is 6.04 Å². The molecule has 2 nitrogen and oxygen atoms in total. The molecule has 0 fully saturated rings. The molecule has 1 aromatic rings. The van der Waals surface area contributed by atoms with Crippen LogP contribution in [0.5, 0.6) is 5.75 Å². The first-order valence-electron chi connectivity index (χ1n) is 5.42. The van der Waals surface area contributed by atoms with E-state index in [-0.39, 0.29) is 5.75 Å². The maximum Gasteiger partial charge on any atom is 0.573 e. The molecule has 0 saturated heterocycles. The van der Waals surface area contributed by atoms with E-state index in [4.69, 9.17) is 0 Å². The van der Waals surface area contributed by atoms with Crippen LogP contribution in [0.3, 0.4) is 0 Å². The minimum Gasteiger partial charge on any atom is -0.406 e. The van der Waals surface area contributed by atoms with Crippen LogP contribution < -0.4 is 9.64 Å². The molecule has 1 aromatic carbocycles. The van der Waals surface area contributed by atoms with Crippen molar-refractivity contribution in [1.82, 2.24) is 0 Å². The van der Waals surface area contributed by atoms with Gasteiger partial charge in [0.05, 0.1) is 0 Å². The van der Waals surface area contributed by atoms with Crippen molar-refractivity contribution in [3.8, 4) is 5.75 Å². The summed E-state index contributed by atoms with van der Waals surface area (Å²) < 4.78 is 39.7. The fraction of sp³-hybridized carbons (Fsp3) is 0.500. The molecule has 0 heterocycles. The summed E-state index contributed by atoms with van der Waals surface area (Å²) in [5.74, 6) is -0.196. The number of anilines is 1. The SMILES string of the molecule is CCC(C)N(C)c1ccc(OC(F)(F)F)cc1. The smallest absolute Gasteiger partial charge is 0.406 e. The highest BCUT2D eigenvalue weighted by molar-refractivity contribution is 5.49. The van der Waals surface area contributed by atoms with Crippen molar-refractivity contribution in [2.24, 2.45) is 0 Å². The van der Waals surface area contributed by atoms with Crippen LogP contribution in [0.4, 0.5) is 18.9 Å². The molecule has 0 saturated carbocycles. The third-order valence-corrected chi connectivity index (χ3v) is 2.73. The lowest BCUT2D eigenvalue weighted by atomic mass is 10.2. The lowest BCUT2D eigenvalue weighted by molar-refractivity contribution is -0.274. The van der Waals surface area contributed by atoms with Crippen molar-refractivity contribution in [2.45, 2.75) is 32.7 Å². The highest BCUT2D eigenvalue weighted by atomic mass is 19.4. The maximum atomic E-state index is 12.0. The van der Waals surface area contributed by atoms with E-state index >= 15 is 0 Å². The first-order valence-corrected chi connectivity index (χ1v) is 5.42. The molecule has 0 spiro atoms. The van der Waals surface area contributed by atoms with Crippen LogP contribution in [0.25, 0.3) is 0 Å². The minimum absolute atomic E-state index is 0.196. The number of ether oxygens (including phenoxy) is 1. The topological polar surface area (TPSA) is 12.5 Å². The zero-order valence-electron chi connectivity index (χ0n) is 10.1. The van der Waals surface area contributed by atoms with Gasteiger partial charge in [-0.05, 0) is 37.6 Å². The summed E-state index contributed by atoms with van der Waals surface area (Å²) in [7, 11) is 1.91. The van der Waals surface area contributed by atoms with Gasteiger partial charge in [-0.1, -0.05) is 6.92 Å². The Labute approximate surface area is 99.0 Å². The molecule has 0 aliphatic rings. The summed E-state index contributed by atoms with van der Waals surface area (Å²) >= 11 is 0. The van der Waals surface area contributed by atoms with Crippen LogP contribution in [0.2, 0.25) is 0 Å². The second kappa shape index (κ2) is 5.29. The Hall–Kier alpha value is -1.39. The van der Waals surface area contributed by atoms with E-state index in [2.05, 4.69) is 18.6 Å². The van der Waals surface area contributed by atoms with Crippen molar-refractivity contribution in [3.05, 3.63) is 24.3 Å². The third-order valence-electron chi connectivity index (χ3n) is 2.73. The van der Waals surface area contributed by atoms with Gasteiger partial charge in [0, 0.05) is 18.8 Å². The predicted molar refractivity (Wildman–Crippen MR) is 61.3 cm³/mol. The van der Waals surface area contributed by atoms with Gasteiger partial charge in [0.1, 0.15) is 5.75 Å². The Kier molecular flexibility index (Phi) is 4.26. The molecule has 0 radical (unpaired) electrons. The second-order valence-corrected chi connectivity index (χ2v) is 3.91. The Morgan fingerprint density at radius 3 is 2.18 bits per heavy atom. The van der Waals surface area contributed by atoms with E-state index in [1.54, 1.807) is 12.1 Å². The van der Waals surface area contributed by atoms with Crippen LogP contribution in [-0.2, 0) is 0 Å². The highest BCUT2D eigenvalue weighted by Gasteiger charge is 2.30. The highest BCUT2D eigenvalue weighted by Crippen LogP contribution is 2.25. The molecule has 17 heavy (non-hydrogen) atoms. The third kappa shape index (κ3) is 4.17. The van der Waals surface area contributed by atoms with Gasteiger partial charge in [-0.25, -0.2) is 0 Å². The zero-order valence-corrected chi connectivity index (χ0v) is 10.1. The second-order valence-electron chi connectivity index (χ2n) is 3.91. The van der Waals surface area contributed by atoms with Gasteiger partial charge in [-0.2, -0.15) is 0 Å². The van der Waals surface area contributed by atoms with Crippen LogP contribution >= 0.6 is 0 Å². The number of hydrogen-bond donors (Lipinski definition) is 0. The van der Waals surface area contributed by atoms with Crippen molar-refractivity contribution in [3.63, 3.8) is 0 Å². The first-order chi connectivity index (χ1) is 7.83. The largest absolute Gasteiger partial charge is 0.573 e. The fourth-order valence-electron chi connectivity index (χ4n) is 1.41. The van der Waals surface area contributed by atoms with Crippen molar-refractivity contribution in [1.29, 1.82) is 0 Å². The lowest BCUT2D eigenvalue weighted by Gasteiger charge is -2.26. The molecule has 96 valence electrons. The molecule has 0 aromatic heterocycles. The number of halogens is 3. The molecular formula is C12H16F3NO. The molecule has 5 heteroatoms. The summed E-state index contributed by atoms with van der Waals surface area (Å²) in [5, 5.41) is 0. The van der Waals surface area contributed by atoms with Crippen LogP contribution in [-0.4, -0.2) is 19.5 Å². The van der Waals surface area contributed by atoms with Crippen molar-refractivity contribution in [2.75, 3.05) is 11.9 Å². The molecule has 0 aliphatic carbocycles. The lowest BCUT2D eigenvalue weighted by Crippen LogP contribution is -2.27. The average molecular weight is 247 g/mol.